The van der Waals surface area contributed by atoms with Crippen molar-refractivity contribution in [3.05, 3.63) is 29.8 Å². The van der Waals surface area contributed by atoms with Gasteiger partial charge in [-0.15, -0.1) is 11.8 Å². The highest BCUT2D eigenvalue weighted by molar-refractivity contribution is 8.00. The number of carbonyl (C=O) groups excluding carboxylic acids is 2. The standard InChI is InChI=1S/C25H39N3O2S/c1-27(21-12-5-4-6-13-21)24(29)20-31-23-15-8-7-14-22(23)25(30)26-16-11-19-28-17-9-2-3-10-18-28/h7-8,14-15,21H,2-6,9-13,16-20H2,1H3,(H,26,30). The molecule has 0 bridgehead atoms. The van der Waals surface area contributed by atoms with Crippen molar-refractivity contribution < 1.29 is 9.59 Å². The van der Waals surface area contributed by atoms with Gasteiger partial charge in [0.25, 0.3) is 5.91 Å². The molecular formula is C25H39N3O2S. The Kier molecular flexibility index (Phi) is 10.2. The van der Waals surface area contributed by atoms with Gasteiger partial charge < -0.3 is 15.1 Å². The SMILES string of the molecule is CN(C(=O)CSc1ccccc1C(=O)NCCCN1CCCCCC1)C1CCCCC1. The summed E-state index contributed by atoms with van der Waals surface area (Å²) >= 11 is 1.48. The Hall–Kier alpha value is -1.53. The second kappa shape index (κ2) is 13.1. The van der Waals surface area contributed by atoms with E-state index < -0.39 is 0 Å². The minimum Gasteiger partial charge on any atom is -0.352 e. The van der Waals surface area contributed by atoms with Gasteiger partial charge in [0, 0.05) is 24.5 Å². The first-order chi connectivity index (χ1) is 15.1. The maximum absolute atomic E-state index is 12.8. The third-order valence-electron chi connectivity index (χ3n) is 6.63. The predicted octanol–water partition coefficient (Wildman–Crippen LogP) is 4.57. The molecule has 3 rings (SSSR count). The Bertz CT molecular complexity index is 698. The number of nitrogens with one attached hydrogen (secondary N) is 1. The first-order valence-electron chi connectivity index (χ1n) is 12.1. The van der Waals surface area contributed by atoms with E-state index in [2.05, 4.69) is 10.2 Å². The van der Waals surface area contributed by atoms with Gasteiger partial charge in [0.2, 0.25) is 5.91 Å². The molecule has 0 atom stereocenters. The quantitative estimate of drug-likeness (QED) is 0.447. The zero-order valence-corrected chi connectivity index (χ0v) is 19.9. The van der Waals surface area contributed by atoms with Crippen molar-refractivity contribution in [1.82, 2.24) is 15.1 Å². The number of hydrogen-bond donors (Lipinski definition) is 1. The van der Waals surface area contributed by atoms with Crippen LogP contribution in [0, 0.1) is 0 Å². The van der Waals surface area contributed by atoms with E-state index in [1.54, 1.807) is 0 Å². The number of amides is 2. The fraction of sp³-hybridized carbons (Fsp3) is 0.680. The van der Waals surface area contributed by atoms with Crippen molar-refractivity contribution in [2.24, 2.45) is 0 Å². The van der Waals surface area contributed by atoms with Crippen molar-refractivity contribution in [2.45, 2.75) is 75.1 Å². The minimum absolute atomic E-state index is 0.0351. The molecule has 5 nitrogen and oxygen atoms in total. The molecule has 1 aromatic carbocycles. The van der Waals surface area contributed by atoms with E-state index in [1.807, 2.05) is 36.2 Å². The van der Waals surface area contributed by atoms with Gasteiger partial charge in [-0.05, 0) is 63.9 Å². The Morgan fingerprint density at radius 1 is 1.03 bits per heavy atom. The Balaban J connectivity index is 1.44. The van der Waals surface area contributed by atoms with E-state index >= 15 is 0 Å². The molecule has 0 unspecified atom stereocenters. The van der Waals surface area contributed by atoms with Crippen molar-refractivity contribution in [3.63, 3.8) is 0 Å². The molecule has 1 saturated heterocycles. The molecule has 31 heavy (non-hydrogen) atoms. The van der Waals surface area contributed by atoms with Crippen LogP contribution in [0.25, 0.3) is 0 Å². The zero-order chi connectivity index (χ0) is 21.9. The normalized spacial score (nSPS) is 18.4. The molecule has 1 N–H and O–H groups in total. The van der Waals surface area contributed by atoms with E-state index in [0.717, 1.165) is 30.7 Å². The lowest BCUT2D eigenvalue weighted by Gasteiger charge is -2.31. The van der Waals surface area contributed by atoms with Gasteiger partial charge in [0.05, 0.1) is 11.3 Å². The maximum Gasteiger partial charge on any atom is 0.252 e. The van der Waals surface area contributed by atoms with Crippen molar-refractivity contribution >= 4 is 23.6 Å². The second-order valence-electron chi connectivity index (χ2n) is 8.95. The molecular weight excluding hydrogens is 406 g/mol. The lowest BCUT2D eigenvalue weighted by molar-refractivity contribution is -0.129. The number of likely N-dealkylation sites (tertiary alicyclic amines) is 1. The number of carbonyl (C=O) groups is 2. The summed E-state index contributed by atoms with van der Waals surface area (Å²) in [6.07, 6.45) is 12.2. The third kappa shape index (κ3) is 7.83. The first-order valence-corrected chi connectivity index (χ1v) is 13.1. The lowest BCUT2D eigenvalue weighted by Crippen LogP contribution is -2.39. The van der Waals surface area contributed by atoms with Gasteiger partial charge in [-0.25, -0.2) is 0 Å². The summed E-state index contributed by atoms with van der Waals surface area (Å²) < 4.78 is 0. The topological polar surface area (TPSA) is 52.7 Å². The van der Waals surface area contributed by atoms with Gasteiger partial charge in [-0.1, -0.05) is 44.2 Å². The van der Waals surface area contributed by atoms with E-state index in [-0.39, 0.29) is 11.8 Å². The summed E-state index contributed by atoms with van der Waals surface area (Å²) in [4.78, 5) is 30.8. The number of hydrogen-bond acceptors (Lipinski definition) is 4. The highest BCUT2D eigenvalue weighted by atomic mass is 32.2. The fourth-order valence-corrected chi connectivity index (χ4v) is 5.63. The number of nitrogens with zero attached hydrogens (tertiary/aromatic N) is 2. The zero-order valence-electron chi connectivity index (χ0n) is 19.1. The Morgan fingerprint density at radius 3 is 2.45 bits per heavy atom. The van der Waals surface area contributed by atoms with Gasteiger partial charge in [-0.2, -0.15) is 0 Å². The highest BCUT2D eigenvalue weighted by Crippen LogP contribution is 2.25. The molecule has 1 heterocycles. The van der Waals surface area contributed by atoms with E-state index in [0.29, 0.717) is 23.9 Å². The average Bonchev–Trinajstić information content (AvgIpc) is 3.09. The molecule has 0 radical (unpaired) electrons. The van der Waals surface area contributed by atoms with E-state index in [9.17, 15) is 9.59 Å². The van der Waals surface area contributed by atoms with E-state index in [4.69, 9.17) is 0 Å². The Morgan fingerprint density at radius 2 is 1.71 bits per heavy atom. The summed E-state index contributed by atoms with van der Waals surface area (Å²) in [6, 6.07) is 8.02. The Labute approximate surface area is 192 Å². The number of benzene rings is 1. The molecule has 6 heteroatoms. The summed E-state index contributed by atoms with van der Waals surface area (Å²) in [5, 5.41) is 3.08. The van der Waals surface area contributed by atoms with Crippen LogP contribution < -0.4 is 5.32 Å². The van der Waals surface area contributed by atoms with Crippen LogP contribution in [0.1, 0.15) is 74.6 Å². The van der Waals surface area contributed by atoms with Crippen molar-refractivity contribution in [3.8, 4) is 0 Å². The first kappa shape index (κ1) is 24.1. The third-order valence-corrected chi connectivity index (χ3v) is 7.69. The van der Waals surface area contributed by atoms with Gasteiger partial charge in [-0.3, -0.25) is 9.59 Å². The molecule has 2 aliphatic rings. The van der Waals surface area contributed by atoms with Crippen molar-refractivity contribution in [2.75, 3.05) is 39.0 Å². The lowest BCUT2D eigenvalue weighted by atomic mass is 9.94. The number of thioether (sulfide) groups is 1. The largest absolute Gasteiger partial charge is 0.352 e. The molecule has 2 amide bonds. The smallest absolute Gasteiger partial charge is 0.252 e. The van der Waals surface area contributed by atoms with Crippen LogP contribution in [0.5, 0.6) is 0 Å². The summed E-state index contributed by atoms with van der Waals surface area (Å²) in [5.74, 6) is 0.503. The van der Waals surface area contributed by atoms with Crippen LogP contribution in [0.2, 0.25) is 0 Å². The van der Waals surface area contributed by atoms with E-state index in [1.165, 1.54) is 69.8 Å². The fourth-order valence-electron chi connectivity index (χ4n) is 4.65. The highest BCUT2D eigenvalue weighted by Gasteiger charge is 2.22. The molecule has 1 aliphatic heterocycles. The second-order valence-corrected chi connectivity index (χ2v) is 9.96. The van der Waals surface area contributed by atoms with Crippen LogP contribution in [-0.4, -0.2) is 66.6 Å². The van der Waals surface area contributed by atoms with Gasteiger partial charge in [0.15, 0.2) is 0 Å². The number of rotatable bonds is 9. The van der Waals surface area contributed by atoms with Gasteiger partial charge >= 0.3 is 0 Å². The summed E-state index contributed by atoms with van der Waals surface area (Å²) in [5.41, 5.74) is 0.676. The average molecular weight is 446 g/mol. The van der Waals surface area contributed by atoms with Crippen LogP contribution in [0.3, 0.4) is 0 Å². The van der Waals surface area contributed by atoms with Crippen LogP contribution in [0.4, 0.5) is 0 Å². The molecule has 0 spiro atoms. The van der Waals surface area contributed by atoms with Crippen LogP contribution in [-0.2, 0) is 4.79 Å². The summed E-state index contributed by atoms with van der Waals surface area (Å²) in [7, 11) is 1.93. The summed E-state index contributed by atoms with van der Waals surface area (Å²) in [6.45, 7) is 4.13. The van der Waals surface area contributed by atoms with Crippen LogP contribution >= 0.6 is 11.8 Å². The maximum atomic E-state index is 12.8. The molecule has 2 fully saturated rings. The molecule has 1 saturated carbocycles. The molecule has 0 aromatic heterocycles. The van der Waals surface area contributed by atoms with Crippen LogP contribution in [0.15, 0.2) is 29.2 Å². The minimum atomic E-state index is -0.0351. The van der Waals surface area contributed by atoms with Gasteiger partial charge in [0.1, 0.15) is 0 Å². The van der Waals surface area contributed by atoms with Crippen molar-refractivity contribution in [1.29, 1.82) is 0 Å². The monoisotopic (exact) mass is 445 g/mol. The predicted molar refractivity (Wildman–Crippen MR) is 129 cm³/mol. The molecule has 1 aliphatic carbocycles. The molecule has 172 valence electrons. The molecule has 1 aromatic rings.